The lowest BCUT2D eigenvalue weighted by molar-refractivity contribution is -0.145. The smallest absolute Gasteiger partial charge is 0.340 e. The average Bonchev–Trinajstić information content (AvgIpc) is 2.07. The SMILES string of the molecule is O=C1Oc2ccccc2CC1O. The Morgan fingerprint density at radius 3 is 3.00 bits per heavy atom. The second kappa shape index (κ2) is 2.60. The van der Waals surface area contributed by atoms with Gasteiger partial charge < -0.3 is 9.84 Å². The van der Waals surface area contributed by atoms with Crippen LogP contribution >= 0.6 is 0 Å². The molecule has 0 amide bonds. The molecule has 1 heterocycles. The van der Waals surface area contributed by atoms with Gasteiger partial charge in [-0.1, -0.05) is 18.2 Å². The molecule has 2 rings (SSSR count). The van der Waals surface area contributed by atoms with E-state index in [2.05, 4.69) is 0 Å². The Hall–Kier alpha value is -1.35. The van der Waals surface area contributed by atoms with E-state index in [0.29, 0.717) is 12.2 Å². The standard InChI is InChI=1S/C9H8O3/c10-7-5-6-3-1-2-4-8(6)12-9(7)11/h1-4,7,10H,5H2. The maximum atomic E-state index is 10.9. The lowest BCUT2D eigenvalue weighted by atomic mass is 10.0. The number of ether oxygens (including phenoxy) is 1. The highest BCUT2D eigenvalue weighted by molar-refractivity contribution is 5.79. The van der Waals surface area contributed by atoms with Crippen molar-refractivity contribution in [1.82, 2.24) is 0 Å². The predicted molar refractivity (Wildman–Crippen MR) is 41.8 cm³/mol. The van der Waals surface area contributed by atoms with Gasteiger partial charge in [0.2, 0.25) is 0 Å². The second-order valence-corrected chi connectivity index (χ2v) is 2.75. The Morgan fingerprint density at radius 2 is 2.17 bits per heavy atom. The first-order valence-electron chi connectivity index (χ1n) is 3.75. The summed E-state index contributed by atoms with van der Waals surface area (Å²) in [6, 6.07) is 7.21. The Morgan fingerprint density at radius 1 is 1.42 bits per heavy atom. The monoisotopic (exact) mass is 164 g/mol. The largest absolute Gasteiger partial charge is 0.424 e. The highest BCUT2D eigenvalue weighted by atomic mass is 16.6. The van der Waals surface area contributed by atoms with Crippen molar-refractivity contribution in [3.8, 4) is 5.75 Å². The number of benzene rings is 1. The van der Waals surface area contributed by atoms with E-state index in [1.54, 1.807) is 12.1 Å². The summed E-state index contributed by atoms with van der Waals surface area (Å²) in [6.45, 7) is 0. The summed E-state index contributed by atoms with van der Waals surface area (Å²) in [5.74, 6) is 0.00139. The quantitative estimate of drug-likeness (QED) is 0.449. The summed E-state index contributed by atoms with van der Waals surface area (Å²) >= 11 is 0. The number of esters is 1. The van der Waals surface area contributed by atoms with E-state index >= 15 is 0 Å². The molecule has 1 aliphatic rings. The van der Waals surface area contributed by atoms with Crippen LogP contribution < -0.4 is 4.74 Å². The number of hydrogen-bond donors (Lipinski definition) is 1. The van der Waals surface area contributed by atoms with Gasteiger partial charge in [0.05, 0.1) is 0 Å². The van der Waals surface area contributed by atoms with Crippen molar-refractivity contribution in [2.75, 3.05) is 0 Å². The van der Waals surface area contributed by atoms with Gasteiger partial charge in [-0.25, -0.2) is 4.79 Å². The molecule has 1 aliphatic heterocycles. The van der Waals surface area contributed by atoms with Gasteiger partial charge in [0.25, 0.3) is 0 Å². The Kier molecular flexibility index (Phi) is 1.59. The molecule has 3 heteroatoms. The summed E-state index contributed by atoms with van der Waals surface area (Å²) in [5.41, 5.74) is 0.879. The van der Waals surface area contributed by atoms with Gasteiger partial charge in [0.15, 0.2) is 6.10 Å². The van der Waals surface area contributed by atoms with Crippen molar-refractivity contribution in [3.05, 3.63) is 29.8 Å². The average molecular weight is 164 g/mol. The summed E-state index contributed by atoms with van der Waals surface area (Å²) in [4.78, 5) is 10.9. The highest BCUT2D eigenvalue weighted by Gasteiger charge is 2.25. The molecule has 1 atom stereocenters. The van der Waals surface area contributed by atoms with E-state index in [1.807, 2.05) is 12.1 Å². The molecule has 0 spiro atoms. The summed E-state index contributed by atoms with van der Waals surface area (Å²) in [5, 5.41) is 9.15. The molecule has 62 valence electrons. The molecule has 1 unspecified atom stereocenters. The Labute approximate surface area is 69.6 Å². The number of fused-ring (bicyclic) bond motifs is 1. The zero-order chi connectivity index (χ0) is 8.55. The number of rotatable bonds is 0. The number of carbonyl (C=O) groups excluding carboxylic acids is 1. The van der Waals surface area contributed by atoms with Crippen LogP contribution in [0.4, 0.5) is 0 Å². The van der Waals surface area contributed by atoms with Crippen LogP contribution in [0.25, 0.3) is 0 Å². The van der Waals surface area contributed by atoms with Crippen molar-refractivity contribution in [2.45, 2.75) is 12.5 Å². The maximum absolute atomic E-state index is 10.9. The summed E-state index contributed by atoms with van der Waals surface area (Å²) < 4.78 is 4.86. The molecule has 12 heavy (non-hydrogen) atoms. The zero-order valence-corrected chi connectivity index (χ0v) is 6.36. The van der Waals surface area contributed by atoms with Crippen molar-refractivity contribution in [2.24, 2.45) is 0 Å². The van der Waals surface area contributed by atoms with E-state index in [1.165, 1.54) is 0 Å². The van der Waals surface area contributed by atoms with E-state index in [9.17, 15) is 4.79 Å². The van der Waals surface area contributed by atoms with Gasteiger partial charge in [0.1, 0.15) is 5.75 Å². The van der Waals surface area contributed by atoms with Crippen molar-refractivity contribution in [3.63, 3.8) is 0 Å². The van der Waals surface area contributed by atoms with Gasteiger partial charge in [-0.2, -0.15) is 0 Å². The van der Waals surface area contributed by atoms with Gasteiger partial charge in [-0.3, -0.25) is 0 Å². The molecule has 0 radical (unpaired) electrons. The molecular weight excluding hydrogens is 156 g/mol. The molecule has 0 bridgehead atoms. The molecule has 1 aromatic carbocycles. The van der Waals surface area contributed by atoms with Gasteiger partial charge in [-0.15, -0.1) is 0 Å². The lowest BCUT2D eigenvalue weighted by Crippen LogP contribution is -2.32. The normalized spacial score (nSPS) is 21.4. The minimum absolute atomic E-state index is 0.356. The van der Waals surface area contributed by atoms with Crippen LogP contribution in [0.1, 0.15) is 5.56 Å². The fourth-order valence-corrected chi connectivity index (χ4v) is 1.24. The third-order valence-electron chi connectivity index (χ3n) is 1.87. The first kappa shape index (κ1) is 7.31. The van der Waals surface area contributed by atoms with Crippen molar-refractivity contribution >= 4 is 5.97 Å². The maximum Gasteiger partial charge on any atom is 0.340 e. The molecule has 0 aliphatic carbocycles. The fourth-order valence-electron chi connectivity index (χ4n) is 1.24. The van der Waals surface area contributed by atoms with E-state index in [4.69, 9.17) is 9.84 Å². The van der Waals surface area contributed by atoms with Gasteiger partial charge in [-0.05, 0) is 11.6 Å². The van der Waals surface area contributed by atoms with E-state index < -0.39 is 12.1 Å². The van der Waals surface area contributed by atoms with Gasteiger partial charge in [0, 0.05) is 6.42 Å². The first-order valence-corrected chi connectivity index (χ1v) is 3.75. The van der Waals surface area contributed by atoms with E-state index in [-0.39, 0.29) is 0 Å². The number of aliphatic hydroxyl groups excluding tert-OH is 1. The molecule has 0 fully saturated rings. The molecular formula is C9H8O3. The van der Waals surface area contributed by atoms with Crippen LogP contribution in [-0.4, -0.2) is 17.2 Å². The third kappa shape index (κ3) is 1.08. The lowest BCUT2D eigenvalue weighted by Gasteiger charge is -2.18. The Balaban J connectivity index is 2.40. The minimum atomic E-state index is -1.00. The fraction of sp³-hybridized carbons (Fsp3) is 0.222. The van der Waals surface area contributed by atoms with E-state index in [0.717, 1.165) is 5.56 Å². The number of carbonyl (C=O) groups is 1. The summed E-state index contributed by atoms with van der Waals surface area (Å²) in [7, 11) is 0. The van der Waals surface area contributed by atoms with Crippen LogP contribution in [0.2, 0.25) is 0 Å². The molecule has 0 saturated carbocycles. The molecule has 0 aromatic heterocycles. The minimum Gasteiger partial charge on any atom is -0.424 e. The van der Waals surface area contributed by atoms with Crippen LogP contribution in [-0.2, 0) is 11.2 Å². The molecule has 1 aromatic rings. The van der Waals surface area contributed by atoms with Gasteiger partial charge >= 0.3 is 5.97 Å². The Bertz CT molecular complexity index is 319. The second-order valence-electron chi connectivity index (χ2n) is 2.75. The van der Waals surface area contributed by atoms with Crippen LogP contribution in [0, 0.1) is 0 Å². The molecule has 3 nitrogen and oxygen atoms in total. The molecule has 1 N–H and O–H groups in total. The van der Waals surface area contributed by atoms with Crippen LogP contribution in [0.15, 0.2) is 24.3 Å². The highest BCUT2D eigenvalue weighted by Crippen LogP contribution is 2.24. The van der Waals surface area contributed by atoms with Crippen molar-refractivity contribution in [1.29, 1.82) is 0 Å². The zero-order valence-electron chi connectivity index (χ0n) is 6.36. The van der Waals surface area contributed by atoms with Crippen molar-refractivity contribution < 1.29 is 14.6 Å². The third-order valence-corrected chi connectivity index (χ3v) is 1.87. The predicted octanol–water partition coefficient (Wildman–Crippen LogP) is 0.509. The summed E-state index contributed by atoms with van der Waals surface area (Å²) in [6.07, 6.45) is -0.644. The van der Waals surface area contributed by atoms with Crippen LogP contribution in [0.3, 0.4) is 0 Å². The number of aliphatic hydroxyl groups is 1. The van der Waals surface area contributed by atoms with Crippen LogP contribution in [0.5, 0.6) is 5.75 Å². The first-order chi connectivity index (χ1) is 5.77. The molecule has 0 saturated heterocycles. The number of para-hydroxylation sites is 1. The topological polar surface area (TPSA) is 46.5 Å². The number of hydrogen-bond acceptors (Lipinski definition) is 3.